The van der Waals surface area contributed by atoms with Gasteiger partial charge in [0.25, 0.3) is 0 Å². The molecule has 0 aliphatic carbocycles. The summed E-state index contributed by atoms with van der Waals surface area (Å²) in [6.07, 6.45) is 1.42. The standard InChI is InChI=1S/C14H23N3O2/c1-9-4-5-17(8-12(9)7-15)14(18)6-13-10(2)16-19-11(13)3/h9,12H,4-8,15H2,1-3H3. The number of nitrogens with zero attached hydrogens (tertiary/aromatic N) is 2. The number of carbonyl (C=O) groups excluding carboxylic acids is 1. The Kier molecular flexibility index (Phi) is 4.24. The molecule has 0 bridgehead atoms. The molecular weight excluding hydrogens is 242 g/mol. The molecule has 2 N–H and O–H groups in total. The second-order valence-electron chi connectivity index (χ2n) is 5.58. The van der Waals surface area contributed by atoms with E-state index in [2.05, 4.69) is 12.1 Å². The summed E-state index contributed by atoms with van der Waals surface area (Å²) in [4.78, 5) is 14.3. The molecule has 1 aromatic rings. The minimum absolute atomic E-state index is 0.153. The highest BCUT2D eigenvalue weighted by molar-refractivity contribution is 5.79. The molecule has 1 aliphatic rings. The van der Waals surface area contributed by atoms with Crippen molar-refractivity contribution in [3.63, 3.8) is 0 Å². The van der Waals surface area contributed by atoms with Gasteiger partial charge in [-0.2, -0.15) is 0 Å². The Morgan fingerprint density at radius 2 is 2.26 bits per heavy atom. The molecule has 106 valence electrons. The fourth-order valence-electron chi connectivity index (χ4n) is 2.70. The lowest BCUT2D eigenvalue weighted by atomic mass is 9.87. The number of aryl methyl sites for hydroxylation is 2. The number of hydrogen-bond donors (Lipinski definition) is 1. The largest absolute Gasteiger partial charge is 0.361 e. The van der Waals surface area contributed by atoms with Crippen LogP contribution in [0, 0.1) is 25.7 Å². The maximum absolute atomic E-state index is 12.4. The zero-order valence-electron chi connectivity index (χ0n) is 12.0. The van der Waals surface area contributed by atoms with Gasteiger partial charge in [0.15, 0.2) is 0 Å². The molecule has 5 heteroatoms. The van der Waals surface area contributed by atoms with Crippen LogP contribution in [0.3, 0.4) is 0 Å². The van der Waals surface area contributed by atoms with E-state index >= 15 is 0 Å². The van der Waals surface area contributed by atoms with Crippen molar-refractivity contribution in [2.24, 2.45) is 17.6 Å². The summed E-state index contributed by atoms with van der Waals surface area (Å²) in [5.41, 5.74) is 7.51. The zero-order valence-corrected chi connectivity index (χ0v) is 12.0. The fraction of sp³-hybridized carbons (Fsp3) is 0.714. The maximum Gasteiger partial charge on any atom is 0.227 e. The van der Waals surface area contributed by atoms with E-state index in [1.165, 1.54) is 0 Å². The minimum Gasteiger partial charge on any atom is -0.361 e. The molecule has 19 heavy (non-hydrogen) atoms. The lowest BCUT2D eigenvalue weighted by molar-refractivity contribution is -0.132. The average Bonchev–Trinajstić information content (AvgIpc) is 2.71. The molecule has 0 saturated carbocycles. The van der Waals surface area contributed by atoms with Crippen LogP contribution in [-0.2, 0) is 11.2 Å². The van der Waals surface area contributed by atoms with Crippen molar-refractivity contribution >= 4 is 5.91 Å². The zero-order chi connectivity index (χ0) is 14.0. The molecule has 1 amide bonds. The van der Waals surface area contributed by atoms with Crippen molar-refractivity contribution in [2.45, 2.75) is 33.6 Å². The summed E-state index contributed by atoms with van der Waals surface area (Å²) in [6, 6.07) is 0. The molecule has 2 unspecified atom stereocenters. The van der Waals surface area contributed by atoms with Crippen LogP contribution in [-0.4, -0.2) is 35.6 Å². The quantitative estimate of drug-likeness (QED) is 0.893. The predicted molar refractivity (Wildman–Crippen MR) is 72.6 cm³/mol. The topological polar surface area (TPSA) is 72.4 Å². The number of likely N-dealkylation sites (tertiary alicyclic amines) is 1. The monoisotopic (exact) mass is 265 g/mol. The fourth-order valence-corrected chi connectivity index (χ4v) is 2.70. The molecule has 1 aliphatic heterocycles. The van der Waals surface area contributed by atoms with Crippen molar-refractivity contribution in [1.29, 1.82) is 0 Å². The third kappa shape index (κ3) is 2.97. The number of aromatic nitrogens is 1. The summed E-state index contributed by atoms with van der Waals surface area (Å²) in [5.74, 6) is 1.92. The summed E-state index contributed by atoms with van der Waals surface area (Å²) in [7, 11) is 0. The minimum atomic E-state index is 0.153. The van der Waals surface area contributed by atoms with Gasteiger partial charge in [0, 0.05) is 18.7 Å². The third-order valence-corrected chi connectivity index (χ3v) is 4.28. The second-order valence-corrected chi connectivity index (χ2v) is 5.58. The van der Waals surface area contributed by atoms with Crippen LogP contribution in [0.25, 0.3) is 0 Å². The van der Waals surface area contributed by atoms with Gasteiger partial charge in [-0.05, 0) is 38.6 Å². The van der Waals surface area contributed by atoms with Gasteiger partial charge in [-0.1, -0.05) is 12.1 Å². The number of piperidine rings is 1. The van der Waals surface area contributed by atoms with E-state index < -0.39 is 0 Å². The number of nitrogens with two attached hydrogens (primary N) is 1. The van der Waals surface area contributed by atoms with Crippen molar-refractivity contribution in [3.05, 3.63) is 17.0 Å². The van der Waals surface area contributed by atoms with Gasteiger partial charge in [-0.25, -0.2) is 0 Å². The van der Waals surface area contributed by atoms with Crippen LogP contribution in [0.4, 0.5) is 0 Å². The Morgan fingerprint density at radius 3 is 2.84 bits per heavy atom. The van der Waals surface area contributed by atoms with Crippen LogP contribution in [0.5, 0.6) is 0 Å². The van der Waals surface area contributed by atoms with Crippen LogP contribution in [0.15, 0.2) is 4.52 Å². The van der Waals surface area contributed by atoms with E-state index in [-0.39, 0.29) is 5.91 Å². The number of hydrogen-bond acceptors (Lipinski definition) is 4. The molecule has 2 heterocycles. The molecule has 1 fully saturated rings. The van der Waals surface area contributed by atoms with Gasteiger partial charge in [0.1, 0.15) is 5.76 Å². The molecule has 2 atom stereocenters. The molecular formula is C14H23N3O2. The Hall–Kier alpha value is -1.36. The lowest BCUT2D eigenvalue weighted by Gasteiger charge is -2.36. The SMILES string of the molecule is Cc1noc(C)c1CC(=O)N1CCC(C)C(CN)C1. The van der Waals surface area contributed by atoms with Gasteiger partial charge in [-0.3, -0.25) is 4.79 Å². The smallest absolute Gasteiger partial charge is 0.227 e. The van der Waals surface area contributed by atoms with Crippen LogP contribution < -0.4 is 5.73 Å². The molecule has 0 spiro atoms. The van der Waals surface area contributed by atoms with Gasteiger partial charge in [0.2, 0.25) is 5.91 Å². The summed E-state index contributed by atoms with van der Waals surface area (Å²) in [5, 5.41) is 3.89. The average molecular weight is 265 g/mol. The summed E-state index contributed by atoms with van der Waals surface area (Å²) in [6.45, 7) is 8.20. The normalized spacial score (nSPS) is 23.7. The number of amides is 1. The molecule has 1 aromatic heterocycles. The van der Waals surface area contributed by atoms with Crippen molar-refractivity contribution < 1.29 is 9.32 Å². The molecule has 5 nitrogen and oxygen atoms in total. The molecule has 2 rings (SSSR count). The Labute approximate surface area is 114 Å². The lowest BCUT2D eigenvalue weighted by Crippen LogP contribution is -2.46. The first-order valence-electron chi connectivity index (χ1n) is 6.92. The third-order valence-electron chi connectivity index (χ3n) is 4.28. The van der Waals surface area contributed by atoms with E-state index in [0.29, 0.717) is 24.8 Å². The van der Waals surface area contributed by atoms with Crippen LogP contribution >= 0.6 is 0 Å². The van der Waals surface area contributed by atoms with E-state index in [1.54, 1.807) is 0 Å². The molecule has 0 radical (unpaired) electrons. The van der Waals surface area contributed by atoms with E-state index in [0.717, 1.165) is 36.5 Å². The molecule has 1 saturated heterocycles. The van der Waals surface area contributed by atoms with Crippen LogP contribution in [0.1, 0.15) is 30.4 Å². The van der Waals surface area contributed by atoms with Crippen molar-refractivity contribution in [2.75, 3.05) is 19.6 Å². The Morgan fingerprint density at radius 1 is 1.53 bits per heavy atom. The van der Waals surface area contributed by atoms with E-state index in [1.807, 2.05) is 18.7 Å². The number of carbonyl (C=O) groups is 1. The van der Waals surface area contributed by atoms with Crippen molar-refractivity contribution in [3.8, 4) is 0 Å². The highest BCUT2D eigenvalue weighted by Gasteiger charge is 2.28. The first-order chi connectivity index (χ1) is 9.02. The van der Waals surface area contributed by atoms with Crippen molar-refractivity contribution in [1.82, 2.24) is 10.1 Å². The number of rotatable bonds is 3. The van der Waals surface area contributed by atoms with E-state index in [4.69, 9.17) is 10.3 Å². The van der Waals surface area contributed by atoms with Crippen LogP contribution in [0.2, 0.25) is 0 Å². The van der Waals surface area contributed by atoms with Gasteiger partial charge < -0.3 is 15.2 Å². The predicted octanol–water partition coefficient (Wildman–Crippen LogP) is 1.28. The summed E-state index contributed by atoms with van der Waals surface area (Å²) >= 11 is 0. The van der Waals surface area contributed by atoms with Gasteiger partial charge in [-0.15, -0.1) is 0 Å². The highest BCUT2D eigenvalue weighted by Crippen LogP contribution is 2.23. The first-order valence-corrected chi connectivity index (χ1v) is 6.92. The van der Waals surface area contributed by atoms with E-state index in [9.17, 15) is 4.79 Å². The second kappa shape index (κ2) is 5.74. The first kappa shape index (κ1) is 14.1. The maximum atomic E-state index is 12.4. The highest BCUT2D eigenvalue weighted by atomic mass is 16.5. The Balaban J connectivity index is 2.01. The van der Waals surface area contributed by atoms with Gasteiger partial charge in [0.05, 0.1) is 12.1 Å². The Bertz CT molecular complexity index is 436. The molecule has 0 aromatic carbocycles. The summed E-state index contributed by atoms with van der Waals surface area (Å²) < 4.78 is 5.10. The van der Waals surface area contributed by atoms with Gasteiger partial charge >= 0.3 is 0 Å².